The lowest BCUT2D eigenvalue weighted by Gasteiger charge is -2.27. The number of epoxide rings is 2. The van der Waals surface area contributed by atoms with E-state index >= 15 is 0 Å². The zero-order valence-corrected chi connectivity index (χ0v) is 15.3. The topological polar surface area (TPSA) is 63.8 Å². The van der Waals surface area contributed by atoms with E-state index < -0.39 is 17.4 Å². The molecule has 5 heteroatoms. The second-order valence-electron chi connectivity index (χ2n) is 7.84. The van der Waals surface area contributed by atoms with Crippen LogP contribution >= 0.6 is 0 Å². The van der Waals surface area contributed by atoms with Crippen molar-refractivity contribution in [2.45, 2.75) is 108 Å². The first-order valence-electron chi connectivity index (χ1n) is 9.90. The lowest BCUT2D eigenvalue weighted by atomic mass is 10.0. The summed E-state index contributed by atoms with van der Waals surface area (Å²) < 4.78 is 23.1. The predicted molar refractivity (Wildman–Crippen MR) is 90.4 cm³/mol. The molecule has 3 saturated heterocycles. The quantitative estimate of drug-likeness (QED) is 0.406. The highest BCUT2D eigenvalue weighted by atomic mass is 17.0. The molecular formula is C19H34O5. The van der Waals surface area contributed by atoms with E-state index in [1.54, 1.807) is 0 Å². The van der Waals surface area contributed by atoms with Crippen LogP contribution in [0.3, 0.4) is 0 Å². The number of aliphatic hydroxyl groups is 1. The second kappa shape index (κ2) is 7.58. The van der Waals surface area contributed by atoms with Crippen molar-refractivity contribution in [2.75, 3.05) is 13.2 Å². The first kappa shape index (κ1) is 18.6. The van der Waals surface area contributed by atoms with Crippen molar-refractivity contribution in [3.63, 3.8) is 0 Å². The monoisotopic (exact) mass is 342 g/mol. The average molecular weight is 342 g/mol. The normalized spacial score (nSPS) is 39.9. The maximum Gasteiger partial charge on any atom is 0.253 e. The van der Waals surface area contributed by atoms with E-state index in [1.165, 1.54) is 51.4 Å². The minimum absolute atomic E-state index is 0.160. The molecule has 5 nitrogen and oxygen atoms in total. The smallest absolute Gasteiger partial charge is 0.253 e. The lowest BCUT2D eigenvalue weighted by molar-refractivity contribution is -0.283. The number of ether oxygens (including phenoxy) is 4. The van der Waals surface area contributed by atoms with Gasteiger partial charge in [0, 0.05) is 12.8 Å². The van der Waals surface area contributed by atoms with Gasteiger partial charge in [-0.15, -0.1) is 0 Å². The minimum Gasteiger partial charge on any atom is -0.391 e. The fraction of sp³-hybridized carbons (Fsp3) is 1.00. The SMILES string of the molecule is CCCCCCCCCCCC1(C)OC2(CO)OC2(CC2CO2)O1. The van der Waals surface area contributed by atoms with Crippen molar-refractivity contribution in [3.8, 4) is 0 Å². The Labute approximate surface area is 146 Å². The molecule has 4 unspecified atom stereocenters. The van der Waals surface area contributed by atoms with Crippen molar-refractivity contribution in [2.24, 2.45) is 0 Å². The summed E-state index contributed by atoms with van der Waals surface area (Å²) in [7, 11) is 0. The number of unbranched alkanes of at least 4 members (excludes halogenated alkanes) is 8. The van der Waals surface area contributed by atoms with E-state index in [-0.39, 0.29) is 12.7 Å². The van der Waals surface area contributed by atoms with E-state index in [0.717, 1.165) is 19.4 Å². The maximum absolute atomic E-state index is 9.66. The predicted octanol–water partition coefficient (Wildman–Crippen LogP) is 3.87. The van der Waals surface area contributed by atoms with Gasteiger partial charge in [0.25, 0.3) is 5.79 Å². The number of fused-ring (bicyclic) bond motifs is 1. The van der Waals surface area contributed by atoms with Gasteiger partial charge in [-0.1, -0.05) is 58.3 Å². The maximum atomic E-state index is 9.66. The summed E-state index contributed by atoms with van der Waals surface area (Å²) in [5, 5.41) is 9.66. The Morgan fingerprint density at radius 3 is 2.04 bits per heavy atom. The zero-order chi connectivity index (χ0) is 17.1. The summed E-state index contributed by atoms with van der Waals surface area (Å²) in [6.45, 7) is 4.82. The molecule has 4 atom stereocenters. The molecule has 0 saturated carbocycles. The van der Waals surface area contributed by atoms with Crippen LogP contribution in [0.5, 0.6) is 0 Å². The van der Waals surface area contributed by atoms with Gasteiger partial charge in [0.1, 0.15) is 6.61 Å². The third kappa shape index (κ3) is 4.13. The summed E-state index contributed by atoms with van der Waals surface area (Å²) in [5.74, 6) is -2.37. The van der Waals surface area contributed by atoms with Crippen molar-refractivity contribution in [1.82, 2.24) is 0 Å². The Kier molecular flexibility index (Phi) is 5.87. The first-order chi connectivity index (χ1) is 11.6. The average Bonchev–Trinajstić information content (AvgIpc) is 3.44. The van der Waals surface area contributed by atoms with Gasteiger partial charge in [0.05, 0.1) is 12.7 Å². The van der Waals surface area contributed by atoms with Gasteiger partial charge >= 0.3 is 0 Å². The summed E-state index contributed by atoms with van der Waals surface area (Å²) >= 11 is 0. The Morgan fingerprint density at radius 2 is 1.46 bits per heavy atom. The third-order valence-electron chi connectivity index (χ3n) is 5.47. The molecule has 140 valence electrons. The molecule has 3 aliphatic heterocycles. The van der Waals surface area contributed by atoms with Crippen LogP contribution in [-0.4, -0.2) is 41.8 Å². The third-order valence-corrected chi connectivity index (χ3v) is 5.47. The molecule has 1 N–H and O–H groups in total. The molecule has 0 bridgehead atoms. The first-order valence-corrected chi connectivity index (χ1v) is 9.90. The molecule has 0 radical (unpaired) electrons. The summed E-state index contributed by atoms with van der Waals surface area (Å²) in [6, 6.07) is 0. The van der Waals surface area contributed by atoms with Gasteiger partial charge in [-0.3, -0.25) is 0 Å². The number of hydrogen-bond donors (Lipinski definition) is 1. The molecule has 0 aromatic carbocycles. The molecule has 0 aromatic rings. The van der Waals surface area contributed by atoms with Crippen LogP contribution in [0.2, 0.25) is 0 Å². The van der Waals surface area contributed by atoms with Crippen LogP contribution in [0.1, 0.15) is 84.5 Å². The van der Waals surface area contributed by atoms with E-state index in [4.69, 9.17) is 18.9 Å². The fourth-order valence-electron chi connectivity index (χ4n) is 3.92. The molecule has 0 aliphatic carbocycles. The molecule has 24 heavy (non-hydrogen) atoms. The van der Waals surface area contributed by atoms with Gasteiger partial charge in [-0.2, -0.15) is 0 Å². The highest BCUT2D eigenvalue weighted by Gasteiger charge is 2.82. The molecule has 0 amide bonds. The molecule has 3 heterocycles. The Balaban J connectivity index is 1.31. The minimum atomic E-state index is -0.951. The zero-order valence-electron chi connectivity index (χ0n) is 15.3. The molecular weight excluding hydrogens is 308 g/mol. The number of rotatable bonds is 13. The fourth-order valence-corrected chi connectivity index (χ4v) is 3.92. The van der Waals surface area contributed by atoms with Crippen LogP contribution in [0.4, 0.5) is 0 Å². The van der Waals surface area contributed by atoms with Crippen LogP contribution in [0.15, 0.2) is 0 Å². The summed E-state index contributed by atoms with van der Waals surface area (Å²) in [6.07, 6.45) is 13.4. The van der Waals surface area contributed by atoms with Crippen molar-refractivity contribution >= 4 is 0 Å². The molecule has 3 rings (SSSR count). The molecule has 0 aromatic heterocycles. The van der Waals surface area contributed by atoms with Crippen molar-refractivity contribution in [1.29, 1.82) is 0 Å². The van der Waals surface area contributed by atoms with E-state index in [1.807, 2.05) is 6.92 Å². The highest BCUT2D eigenvalue weighted by molar-refractivity contribution is 5.11. The van der Waals surface area contributed by atoms with Crippen LogP contribution in [-0.2, 0) is 18.9 Å². The highest BCUT2D eigenvalue weighted by Crippen LogP contribution is 2.63. The van der Waals surface area contributed by atoms with Gasteiger partial charge in [0.2, 0.25) is 5.79 Å². The van der Waals surface area contributed by atoms with Gasteiger partial charge < -0.3 is 24.1 Å². The van der Waals surface area contributed by atoms with Gasteiger partial charge in [-0.05, 0) is 13.3 Å². The van der Waals surface area contributed by atoms with Crippen LogP contribution in [0.25, 0.3) is 0 Å². The standard InChI is InChI=1S/C19H34O5/c1-3-4-5-6-7-8-9-10-11-12-17(2)22-18(13-16-14-21-16)19(15-20,23-17)24-18/h16,20H,3-15H2,1-2H3. The van der Waals surface area contributed by atoms with E-state index in [0.29, 0.717) is 6.42 Å². The van der Waals surface area contributed by atoms with E-state index in [9.17, 15) is 5.11 Å². The second-order valence-corrected chi connectivity index (χ2v) is 7.84. The number of hydrogen-bond acceptors (Lipinski definition) is 5. The van der Waals surface area contributed by atoms with Crippen molar-refractivity contribution < 1.29 is 24.1 Å². The van der Waals surface area contributed by atoms with Crippen molar-refractivity contribution in [3.05, 3.63) is 0 Å². The molecule has 3 fully saturated rings. The van der Waals surface area contributed by atoms with E-state index in [2.05, 4.69) is 6.92 Å². The van der Waals surface area contributed by atoms with Gasteiger partial charge in [0.15, 0.2) is 5.79 Å². The van der Waals surface area contributed by atoms with Crippen LogP contribution in [0, 0.1) is 0 Å². The molecule has 3 aliphatic rings. The van der Waals surface area contributed by atoms with Crippen LogP contribution < -0.4 is 0 Å². The molecule has 0 spiro atoms. The Bertz CT molecular complexity index is 413. The Hall–Kier alpha value is -0.200. The Morgan fingerprint density at radius 1 is 0.875 bits per heavy atom. The summed E-state index contributed by atoms with van der Waals surface area (Å²) in [4.78, 5) is 0. The number of aliphatic hydroxyl groups excluding tert-OH is 1. The van der Waals surface area contributed by atoms with Gasteiger partial charge in [-0.25, -0.2) is 0 Å². The largest absolute Gasteiger partial charge is 0.391 e. The lowest BCUT2D eigenvalue weighted by Crippen LogP contribution is -2.33. The summed E-state index contributed by atoms with van der Waals surface area (Å²) in [5.41, 5.74) is 0.